The number of carbonyl (C=O) groups excluding carboxylic acids is 1. The first-order valence-corrected chi connectivity index (χ1v) is 5.72. The van der Waals surface area contributed by atoms with Crippen molar-refractivity contribution in [1.29, 1.82) is 0 Å². The van der Waals surface area contributed by atoms with Gasteiger partial charge in [0.15, 0.2) is 0 Å². The van der Waals surface area contributed by atoms with E-state index < -0.39 is 5.97 Å². The van der Waals surface area contributed by atoms with E-state index in [9.17, 15) is 4.79 Å². The number of thioether (sulfide) groups is 1. The largest absolute Gasteiger partial charge is 0.465 e. The first-order chi connectivity index (χ1) is 7.60. The van der Waals surface area contributed by atoms with Gasteiger partial charge in [0.1, 0.15) is 0 Å². The second-order valence-corrected chi connectivity index (χ2v) is 4.78. The predicted molar refractivity (Wildman–Crippen MR) is 64.6 cm³/mol. The van der Waals surface area contributed by atoms with Crippen molar-refractivity contribution in [2.75, 3.05) is 19.5 Å². The average Bonchev–Trinajstić information content (AvgIpc) is 2.30. The van der Waals surface area contributed by atoms with Gasteiger partial charge in [-0.2, -0.15) is 0 Å². The van der Waals surface area contributed by atoms with Crippen molar-refractivity contribution in [2.45, 2.75) is 17.1 Å². The zero-order valence-corrected chi connectivity index (χ0v) is 10.1. The summed E-state index contributed by atoms with van der Waals surface area (Å²) >= 11 is 1.36. The Bertz CT molecular complexity index is 381. The van der Waals surface area contributed by atoms with Crippen LogP contribution >= 0.6 is 11.8 Å². The fraction of sp³-hybridized carbons (Fsp3) is 0.364. The lowest BCUT2D eigenvalue weighted by atomic mass is 10.2. The number of anilines is 1. The molecular formula is C11H15NO3S. The van der Waals surface area contributed by atoms with Crippen molar-refractivity contribution in [3.05, 3.63) is 23.8 Å². The van der Waals surface area contributed by atoms with Gasteiger partial charge in [-0.25, -0.2) is 4.79 Å². The van der Waals surface area contributed by atoms with E-state index >= 15 is 0 Å². The summed E-state index contributed by atoms with van der Waals surface area (Å²) in [6.45, 7) is 1.89. The molecule has 0 heterocycles. The summed E-state index contributed by atoms with van der Waals surface area (Å²) in [4.78, 5) is 12.2. The zero-order chi connectivity index (χ0) is 12.1. The average molecular weight is 241 g/mol. The number of benzene rings is 1. The third-order valence-corrected chi connectivity index (χ3v) is 3.27. The molecule has 3 N–H and O–H groups in total. The van der Waals surface area contributed by atoms with Crippen LogP contribution in [0.25, 0.3) is 0 Å². The molecule has 1 atom stereocenters. The van der Waals surface area contributed by atoms with Crippen LogP contribution in [0.15, 0.2) is 23.1 Å². The zero-order valence-electron chi connectivity index (χ0n) is 9.27. The molecule has 88 valence electrons. The monoisotopic (exact) mass is 241 g/mol. The summed E-state index contributed by atoms with van der Waals surface area (Å²) in [5.74, 6) is -0.417. The Morgan fingerprint density at radius 1 is 1.62 bits per heavy atom. The molecule has 0 amide bonds. The molecule has 1 rings (SSSR count). The highest BCUT2D eigenvalue weighted by atomic mass is 32.2. The summed E-state index contributed by atoms with van der Waals surface area (Å²) in [7, 11) is 1.33. The molecule has 0 radical (unpaired) electrons. The molecule has 1 aromatic rings. The number of ether oxygens (including phenoxy) is 1. The van der Waals surface area contributed by atoms with Crippen LogP contribution in [0.4, 0.5) is 5.69 Å². The third-order valence-electron chi connectivity index (χ3n) is 2.03. The topological polar surface area (TPSA) is 72.5 Å². The van der Waals surface area contributed by atoms with Gasteiger partial charge in [-0.15, -0.1) is 11.8 Å². The Labute approximate surface area is 98.8 Å². The molecule has 0 aromatic heterocycles. The molecule has 0 fully saturated rings. The molecule has 1 unspecified atom stereocenters. The number of nitrogen functional groups attached to an aromatic ring is 1. The van der Waals surface area contributed by atoms with Crippen molar-refractivity contribution in [1.82, 2.24) is 0 Å². The fourth-order valence-electron chi connectivity index (χ4n) is 1.20. The van der Waals surface area contributed by atoms with Crippen LogP contribution < -0.4 is 5.73 Å². The minimum Gasteiger partial charge on any atom is -0.465 e. The van der Waals surface area contributed by atoms with Gasteiger partial charge in [0, 0.05) is 15.8 Å². The number of carbonyl (C=O) groups is 1. The summed E-state index contributed by atoms with van der Waals surface area (Å²) in [6, 6.07) is 5.09. The van der Waals surface area contributed by atoms with Crippen molar-refractivity contribution >= 4 is 23.4 Å². The van der Waals surface area contributed by atoms with Gasteiger partial charge in [0.05, 0.1) is 19.3 Å². The van der Waals surface area contributed by atoms with E-state index in [1.165, 1.54) is 18.9 Å². The number of aliphatic hydroxyl groups excluding tert-OH is 1. The SMILES string of the molecule is COC(=O)c1cccc(N)c1SC(C)CO. The van der Waals surface area contributed by atoms with E-state index in [0.29, 0.717) is 16.1 Å². The lowest BCUT2D eigenvalue weighted by molar-refractivity contribution is 0.0597. The van der Waals surface area contributed by atoms with Gasteiger partial charge in [-0.05, 0) is 12.1 Å². The van der Waals surface area contributed by atoms with Gasteiger partial charge in [-0.1, -0.05) is 13.0 Å². The smallest absolute Gasteiger partial charge is 0.339 e. The number of rotatable bonds is 4. The molecule has 0 spiro atoms. The second-order valence-electron chi connectivity index (χ2n) is 3.33. The summed E-state index contributed by atoms with van der Waals surface area (Å²) < 4.78 is 4.68. The van der Waals surface area contributed by atoms with Gasteiger partial charge in [0.25, 0.3) is 0 Å². The van der Waals surface area contributed by atoms with Crippen molar-refractivity contribution in [3.63, 3.8) is 0 Å². The number of aliphatic hydroxyl groups is 1. The third kappa shape index (κ3) is 2.90. The van der Waals surface area contributed by atoms with Gasteiger partial charge >= 0.3 is 5.97 Å². The Balaban J connectivity index is 3.08. The van der Waals surface area contributed by atoms with Crippen LogP contribution in [0.2, 0.25) is 0 Å². The highest BCUT2D eigenvalue weighted by molar-refractivity contribution is 8.00. The van der Waals surface area contributed by atoms with Crippen LogP contribution in [0.1, 0.15) is 17.3 Å². The highest BCUT2D eigenvalue weighted by Crippen LogP contribution is 2.32. The molecule has 1 aromatic carbocycles. The van der Waals surface area contributed by atoms with Gasteiger partial charge in [-0.3, -0.25) is 0 Å². The van der Waals surface area contributed by atoms with Gasteiger partial charge in [0.2, 0.25) is 0 Å². The quantitative estimate of drug-likeness (QED) is 0.475. The number of esters is 1. The summed E-state index contributed by atoms with van der Waals surface area (Å²) in [5, 5.41) is 8.98. The first kappa shape index (κ1) is 12.9. The van der Waals surface area contributed by atoms with Crippen LogP contribution in [-0.4, -0.2) is 30.0 Å². The standard InChI is InChI=1S/C11H15NO3S/c1-7(6-13)16-10-8(11(14)15-2)4-3-5-9(10)12/h3-5,7,13H,6,12H2,1-2H3. The van der Waals surface area contributed by atoms with Crippen molar-refractivity contribution in [2.24, 2.45) is 0 Å². The molecule has 0 saturated heterocycles. The van der Waals surface area contributed by atoms with E-state index in [4.69, 9.17) is 10.8 Å². The Kier molecular flexibility index (Phi) is 4.64. The molecule has 5 heteroatoms. The van der Waals surface area contributed by atoms with E-state index in [1.807, 2.05) is 6.92 Å². The van der Waals surface area contributed by atoms with Crippen LogP contribution in [0, 0.1) is 0 Å². The second kappa shape index (κ2) is 5.77. The van der Waals surface area contributed by atoms with E-state index in [0.717, 1.165) is 0 Å². The minimum absolute atomic E-state index is 0.0203. The maximum absolute atomic E-state index is 11.5. The molecule has 4 nitrogen and oxygen atoms in total. The minimum atomic E-state index is -0.417. The van der Waals surface area contributed by atoms with Crippen LogP contribution in [0.3, 0.4) is 0 Å². The lowest BCUT2D eigenvalue weighted by Gasteiger charge is -2.13. The number of nitrogens with two attached hydrogens (primary N) is 1. The lowest BCUT2D eigenvalue weighted by Crippen LogP contribution is -2.08. The highest BCUT2D eigenvalue weighted by Gasteiger charge is 2.16. The number of methoxy groups -OCH3 is 1. The Hall–Kier alpha value is -1.20. The molecular weight excluding hydrogens is 226 g/mol. The van der Waals surface area contributed by atoms with Gasteiger partial charge < -0.3 is 15.6 Å². The maximum Gasteiger partial charge on any atom is 0.339 e. The maximum atomic E-state index is 11.5. The Morgan fingerprint density at radius 2 is 2.31 bits per heavy atom. The fourth-order valence-corrected chi connectivity index (χ4v) is 2.15. The normalized spacial score (nSPS) is 12.2. The number of hydrogen-bond acceptors (Lipinski definition) is 5. The Morgan fingerprint density at radius 3 is 2.88 bits per heavy atom. The molecule has 0 saturated carbocycles. The predicted octanol–water partition coefficient (Wildman–Crippen LogP) is 1.53. The molecule has 16 heavy (non-hydrogen) atoms. The van der Waals surface area contributed by atoms with E-state index in [2.05, 4.69) is 4.74 Å². The van der Waals surface area contributed by atoms with E-state index in [1.54, 1.807) is 18.2 Å². The van der Waals surface area contributed by atoms with Crippen molar-refractivity contribution in [3.8, 4) is 0 Å². The van der Waals surface area contributed by atoms with E-state index in [-0.39, 0.29) is 11.9 Å². The molecule has 0 bridgehead atoms. The van der Waals surface area contributed by atoms with Crippen LogP contribution in [0.5, 0.6) is 0 Å². The molecule has 0 aliphatic carbocycles. The summed E-state index contributed by atoms with van der Waals surface area (Å²) in [5.41, 5.74) is 6.77. The first-order valence-electron chi connectivity index (χ1n) is 4.84. The van der Waals surface area contributed by atoms with Crippen molar-refractivity contribution < 1.29 is 14.6 Å². The molecule has 0 aliphatic rings. The summed E-state index contributed by atoms with van der Waals surface area (Å²) in [6.07, 6.45) is 0. The number of hydrogen-bond donors (Lipinski definition) is 2. The molecule has 0 aliphatic heterocycles. The van der Waals surface area contributed by atoms with Crippen LogP contribution in [-0.2, 0) is 4.74 Å².